The van der Waals surface area contributed by atoms with Crippen molar-refractivity contribution in [3.63, 3.8) is 0 Å². The van der Waals surface area contributed by atoms with E-state index in [2.05, 4.69) is 5.32 Å². The number of amides is 1. The van der Waals surface area contributed by atoms with E-state index in [1.165, 1.54) is 0 Å². The summed E-state index contributed by atoms with van der Waals surface area (Å²) >= 11 is 0. The molecular weight excluding hydrogens is 334 g/mol. The van der Waals surface area contributed by atoms with Crippen LogP contribution in [-0.4, -0.2) is 30.2 Å². The molecule has 0 spiro atoms. The zero-order valence-corrected chi connectivity index (χ0v) is 15.3. The van der Waals surface area contributed by atoms with Crippen molar-refractivity contribution < 1.29 is 24.2 Å². The van der Waals surface area contributed by atoms with Gasteiger partial charge in [-0.3, -0.25) is 4.79 Å². The summed E-state index contributed by atoms with van der Waals surface area (Å²) in [4.78, 5) is 23.7. The van der Waals surface area contributed by atoms with E-state index < -0.39 is 12.1 Å². The third-order valence-electron chi connectivity index (χ3n) is 3.83. The van der Waals surface area contributed by atoms with Gasteiger partial charge in [0, 0.05) is 11.5 Å². The molecule has 0 aliphatic heterocycles. The van der Waals surface area contributed by atoms with Crippen LogP contribution in [0.15, 0.2) is 42.5 Å². The van der Waals surface area contributed by atoms with E-state index in [9.17, 15) is 14.7 Å². The minimum atomic E-state index is -1.02. The minimum absolute atomic E-state index is 0.177. The number of ether oxygens (including phenoxy) is 2. The first-order valence-corrected chi connectivity index (χ1v) is 8.27. The molecule has 0 saturated carbocycles. The number of carbonyl (C=O) groups is 2. The van der Waals surface area contributed by atoms with Gasteiger partial charge in [0.2, 0.25) is 0 Å². The maximum atomic E-state index is 12.4. The molecule has 1 amide bonds. The predicted molar refractivity (Wildman–Crippen MR) is 99.0 cm³/mol. The Labute approximate surface area is 152 Å². The monoisotopic (exact) mass is 357 g/mol. The van der Waals surface area contributed by atoms with Crippen LogP contribution in [0.1, 0.15) is 29.8 Å². The lowest BCUT2D eigenvalue weighted by atomic mass is 10.1. The lowest BCUT2D eigenvalue weighted by molar-refractivity contribution is -0.147. The second-order valence-electron chi connectivity index (χ2n) is 6.30. The Morgan fingerprint density at radius 3 is 2.27 bits per heavy atom. The average Bonchev–Trinajstić information content (AvgIpc) is 2.59. The van der Waals surface area contributed by atoms with E-state index >= 15 is 0 Å². The zero-order chi connectivity index (χ0) is 19.3. The van der Waals surface area contributed by atoms with Gasteiger partial charge in [0.15, 0.2) is 6.10 Å². The number of hydrogen-bond donors (Lipinski definition) is 2. The molecule has 26 heavy (non-hydrogen) atoms. The van der Waals surface area contributed by atoms with Gasteiger partial charge in [-0.25, -0.2) is 4.79 Å². The van der Waals surface area contributed by atoms with Crippen molar-refractivity contribution in [3.05, 3.63) is 53.6 Å². The van der Waals surface area contributed by atoms with Crippen LogP contribution in [0.3, 0.4) is 0 Å². The summed E-state index contributed by atoms with van der Waals surface area (Å²) in [5.74, 6) is -0.516. The fourth-order valence-electron chi connectivity index (χ4n) is 2.42. The van der Waals surface area contributed by atoms with Crippen molar-refractivity contribution in [3.8, 4) is 11.5 Å². The number of benzene rings is 2. The topological polar surface area (TPSA) is 84.9 Å². The van der Waals surface area contributed by atoms with Gasteiger partial charge in [-0.2, -0.15) is 0 Å². The van der Waals surface area contributed by atoms with E-state index in [0.29, 0.717) is 22.7 Å². The Kier molecular flexibility index (Phi) is 6.22. The molecule has 0 fully saturated rings. The molecule has 138 valence electrons. The molecule has 2 rings (SSSR count). The molecule has 2 N–H and O–H groups in total. The molecule has 0 aromatic heterocycles. The molecule has 0 heterocycles. The highest BCUT2D eigenvalue weighted by atomic mass is 16.5. The van der Waals surface area contributed by atoms with Crippen molar-refractivity contribution in [2.24, 2.45) is 5.92 Å². The Balaban J connectivity index is 2.12. The summed E-state index contributed by atoms with van der Waals surface area (Å²) < 4.78 is 10.7. The fourth-order valence-corrected chi connectivity index (χ4v) is 2.42. The zero-order valence-electron chi connectivity index (χ0n) is 15.3. The lowest BCUT2D eigenvalue weighted by Crippen LogP contribution is -2.32. The van der Waals surface area contributed by atoms with Gasteiger partial charge in [-0.15, -0.1) is 0 Å². The number of carbonyl (C=O) groups excluding carboxylic acids is 1. The summed E-state index contributed by atoms with van der Waals surface area (Å²) in [7, 11) is 1.54. The van der Waals surface area contributed by atoms with Crippen molar-refractivity contribution in [2.75, 3.05) is 12.4 Å². The molecule has 0 aliphatic carbocycles. The summed E-state index contributed by atoms with van der Waals surface area (Å²) in [6.07, 6.45) is -0.939. The molecule has 2 aromatic carbocycles. The smallest absolute Gasteiger partial charge is 0.345 e. The van der Waals surface area contributed by atoms with E-state index in [4.69, 9.17) is 9.47 Å². The first kappa shape index (κ1) is 19.3. The van der Waals surface area contributed by atoms with Crippen LogP contribution in [-0.2, 0) is 4.79 Å². The normalized spacial score (nSPS) is 11.7. The molecule has 6 heteroatoms. The van der Waals surface area contributed by atoms with E-state index in [0.717, 1.165) is 5.56 Å². The number of rotatable bonds is 7. The van der Waals surface area contributed by atoms with E-state index in [-0.39, 0.29) is 11.8 Å². The minimum Gasteiger partial charge on any atom is -0.495 e. The van der Waals surface area contributed by atoms with Crippen LogP contribution in [0.25, 0.3) is 0 Å². The highest BCUT2D eigenvalue weighted by molar-refractivity contribution is 6.05. The van der Waals surface area contributed by atoms with Gasteiger partial charge in [-0.1, -0.05) is 19.9 Å². The molecule has 0 bridgehead atoms. The second kappa shape index (κ2) is 8.38. The van der Waals surface area contributed by atoms with E-state index in [1.807, 2.05) is 19.1 Å². The van der Waals surface area contributed by atoms with Crippen LogP contribution in [0.2, 0.25) is 0 Å². The number of aryl methyl sites for hydroxylation is 1. The third-order valence-corrected chi connectivity index (χ3v) is 3.83. The fraction of sp³-hybridized carbons (Fsp3) is 0.300. The molecule has 0 saturated heterocycles. The van der Waals surface area contributed by atoms with Gasteiger partial charge in [0.1, 0.15) is 11.5 Å². The van der Waals surface area contributed by atoms with Gasteiger partial charge in [0.05, 0.1) is 12.8 Å². The summed E-state index contributed by atoms with van der Waals surface area (Å²) in [5, 5.41) is 12.0. The second-order valence-corrected chi connectivity index (χ2v) is 6.30. The van der Waals surface area contributed by atoms with Gasteiger partial charge in [0.25, 0.3) is 5.91 Å². The van der Waals surface area contributed by atoms with E-state index in [1.54, 1.807) is 51.3 Å². The third kappa shape index (κ3) is 4.75. The predicted octanol–water partition coefficient (Wildman–Crippen LogP) is 3.74. The number of aliphatic carboxylic acids is 1. The van der Waals surface area contributed by atoms with Crippen LogP contribution in [0.5, 0.6) is 11.5 Å². The SMILES string of the molecule is COc1ccc(C)cc1NC(=O)c1ccc(OC(C(=O)O)C(C)C)cc1. The average molecular weight is 357 g/mol. The van der Waals surface area contributed by atoms with Gasteiger partial charge in [-0.05, 0) is 48.9 Å². The Morgan fingerprint density at radius 1 is 1.08 bits per heavy atom. The summed E-state index contributed by atoms with van der Waals surface area (Å²) in [6.45, 7) is 5.47. The number of methoxy groups -OCH3 is 1. The summed E-state index contributed by atoms with van der Waals surface area (Å²) in [6, 6.07) is 11.9. The molecule has 1 unspecified atom stereocenters. The molecule has 6 nitrogen and oxygen atoms in total. The van der Waals surface area contributed by atoms with Gasteiger partial charge < -0.3 is 19.9 Å². The number of nitrogens with one attached hydrogen (secondary N) is 1. The summed E-state index contributed by atoms with van der Waals surface area (Å²) in [5.41, 5.74) is 2.01. The maximum Gasteiger partial charge on any atom is 0.345 e. The molecule has 0 radical (unpaired) electrons. The van der Waals surface area contributed by atoms with Crippen LogP contribution >= 0.6 is 0 Å². The number of hydrogen-bond acceptors (Lipinski definition) is 4. The Hall–Kier alpha value is -3.02. The lowest BCUT2D eigenvalue weighted by Gasteiger charge is -2.18. The van der Waals surface area contributed by atoms with Crippen molar-refractivity contribution >= 4 is 17.6 Å². The van der Waals surface area contributed by atoms with Crippen LogP contribution < -0.4 is 14.8 Å². The van der Waals surface area contributed by atoms with Crippen LogP contribution in [0.4, 0.5) is 5.69 Å². The van der Waals surface area contributed by atoms with Gasteiger partial charge >= 0.3 is 5.97 Å². The first-order chi connectivity index (χ1) is 12.3. The first-order valence-electron chi connectivity index (χ1n) is 8.27. The Morgan fingerprint density at radius 2 is 1.73 bits per heavy atom. The molecule has 0 aliphatic rings. The van der Waals surface area contributed by atoms with Crippen molar-refractivity contribution in [2.45, 2.75) is 26.9 Å². The molecular formula is C20H23NO5. The Bertz CT molecular complexity index is 783. The number of anilines is 1. The molecule has 1 atom stereocenters. The number of carboxylic acids is 1. The number of carboxylic acid groups (broad SMARTS) is 1. The van der Waals surface area contributed by atoms with Crippen LogP contribution in [0, 0.1) is 12.8 Å². The standard InChI is InChI=1S/C20H23NO5/c1-12(2)18(20(23)24)26-15-8-6-14(7-9-15)19(22)21-16-11-13(3)5-10-17(16)25-4/h5-12,18H,1-4H3,(H,21,22)(H,23,24). The quantitative estimate of drug-likeness (QED) is 0.788. The molecule has 2 aromatic rings. The highest BCUT2D eigenvalue weighted by Gasteiger charge is 2.23. The largest absolute Gasteiger partial charge is 0.495 e. The highest BCUT2D eigenvalue weighted by Crippen LogP contribution is 2.26. The maximum absolute atomic E-state index is 12.4. The van der Waals surface area contributed by atoms with Crippen molar-refractivity contribution in [1.82, 2.24) is 0 Å². The van der Waals surface area contributed by atoms with Crippen molar-refractivity contribution in [1.29, 1.82) is 0 Å².